The third-order valence-corrected chi connectivity index (χ3v) is 2.70. The molecule has 0 aliphatic carbocycles. The zero-order valence-electron chi connectivity index (χ0n) is 9.37. The molecule has 0 aliphatic rings. The van der Waals surface area contributed by atoms with Crippen molar-refractivity contribution in [3.8, 4) is 0 Å². The van der Waals surface area contributed by atoms with Crippen LogP contribution in [-0.4, -0.2) is 24.5 Å². The lowest BCUT2D eigenvalue weighted by Gasteiger charge is -2.01. The second-order valence-corrected chi connectivity index (χ2v) is 5.51. The van der Waals surface area contributed by atoms with Gasteiger partial charge in [0.1, 0.15) is 0 Å². The molecule has 0 amide bonds. The standard InChI is InChI=1S/C11H13N3O2S/c1-17(15,16)13-11-7-8-14(12-11)9-10-5-3-2-4-6-10/h2-8H,9H2,1H3,(H,12,13). The first-order valence-electron chi connectivity index (χ1n) is 5.08. The van der Waals surface area contributed by atoms with Gasteiger partial charge in [0.2, 0.25) is 10.0 Å². The maximum Gasteiger partial charge on any atom is 0.231 e. The Morgan fingerprint density at radius 2 is 1.94 bits per heavy atom. The number of benzene rings is 1. The summed E-state index contributed by atoms with van der Waals surface area (Å²) in [6.07, 6.45) is 2.84. The molecule has 17 heavy (non-hydrogen) atoms. The average Bonchev–Trinajstić information content (AvgIpc) is 2.64. The second-order valence-electron chi connectivity index (χ2n) is 3.76. The van der Waals surface area contributed by atoms with E-state index in [1.165, 1.54) is 0 Å². The van der Waals surface area contributed by atoms with Gasteiger partial charge in [0, 0.05) is 12.3 Å². The van der Waals surface area contributed by atoms with Crippen molar-refractivity contribution in [2.45, 2.75) is 6.54 Å². The Bertz CT molecular complexity index is 590. The van der Waals surface area contributed by atoms with E-state index in [0.29, 0.717) is 12.4 Å². The molecule has 2 aromatic rings. The van der Waals surface area contributed by atoms with Crippen LogP contribution in [0.25, 0.3) is 0 Å². The van der Waals surface area contributed by atoms with Crippen molar-refractivity contribution in [2.24, 2.45) is 0 Å². The summed E-state index contributed by atoms with van der Waals surface area (Å²) < 4.78 is 26.0. The molecule has 0 saturated carbocycles. The molecule has 0 atom stereocenters. The SMILES string of the molecule is CS(=O)(=O)Nc1ccn(Cc2ccccc2)n1. The van der Waals surface area contributed by atoms with Crippen molar-refractivity contribution < 1.29 is 8.42 Å². The van der Waals surface area contributed by atoms with Gasteiger partial charge in [-0.15, -0.1) is 0 Å². The van der Waals surface area contributed by atoms with E-state index < -0.39 is 10.0 Å². The zero-order valence-corrected chi connectivity index (χ0v) is 10.2. The van der Waals surface area contributed by atoms with Gasteiger partial charge < -0.3 is 0 Å². The van der Waals surface area contributed by atoms with Gasteiger partial charge >= 0.3 is 0 Å². The number of hydrogen-bond acceptors (Lipinski definition) is 3. The summed E-state index contributed by atoms with van der Waals surface area (Å²) in [6, 6.07) is 11.5. The van der Waals surface area contributed by atoms with Gasteiger partial charge in [-0.3, -0.25) is 9.40 Å². The highest BCUT2D eigenvalue weighted by molar-refractivity contribution is 7.92. The minimum atomic E-state index is -3.26. The average molecular weight is 251 g/mol. The first-order chi connectivity index (χ1) is 8.03. The van der Waals surface area contributed by atoms with Crippen LogP contribution in [-0.2, 0) is 16.6 Å². The third kappa shape index (κ3) is 3.60. The molecule has 6 heteroatoms. The minimum Gasteiger partial charge on any atom is -0.266 e. The Kier molecular flexibility index (Phi) is 3.14. The smallest absolute Gasteiger partial charge is 0.231 e. The summed E-state index contributed by atoms with van der Waals surface area (Å²) in [7, 11) is -3.26. The van der Waals surface area contributed by atoms with Crippen molar-refractivity contribution >= 4 is 15.8 Å². The maximum atomic E-state index is 11.0. The summed E-state index contributed by atoms with van der Waals surface area (Å²) in [6.45, 7) is 0.617. The van der Waals surface area contributed by atoms with Gasteiger partial charge in [-0.2, -0.15) is 5.10 Å². The summed E-state index contributed by atoms with van der Waals surface area (Å²) in [4.78, 5) is 0. The Morgan fingerprint density at radius 1 is 1.24 bits per heavy atom. The van der Waals surface area contributed by atoms with Gasteiger partial charge in [-0.25, -0.2) is 8.42 Å². The van der Waals surface area contributed by atoms with E-state index in [1.54, 1.807) is 16.9 Å². The molecule has 1 N–H and O–H groups in total. The zero-order chi connectivity index (χ0) is 12.3. The molecule has 0 radical (unpaired) electrons. The number of sulfonamides is 1. The predicted octanol–water partition coefficient (Wildman–Crippen LogP) is 1.30. The number of anilines is 1. The molecule has 1 aromatic carbocycles. The lowest BCUT2D eigenvalue weighted by Crippen LogP contribution is -2.10. The number of nitrogens with zero attached hydrogens (tertiary/aromatic N) is 2. The van der Waals surface area contributed by atoms with Crippen molar-refractivity contribution in [3.05, 3.63) is 48.2 Å². The topological polar surface area (TPSA) is 64.0 Å². The molecule has 1 heterocycles. The number of hydrogen-bond donors (Lipinski definition) is 1. The van der Waals surface area contributed by atoms with E-state index in [-0.39, 0.29) is 0 Å². The van der Waals surface area contributed by atoms with E-state index in [1.807, 2.05) is 30.3 Å². The van der Waals surface area contributed by atoms with Crippen LogP contribution in [0.3, 0.4) is 0 Å². The normalized spacial score (nSPS) is 11.4. The van der Waals surface area contributed by atoms with Crippen LogP contribution in [0.5, 0.6) is 0 Å². The number of nitrogens with one attached hydrogen (secondary N) is 1. The number of rotatable bonds is 4. The third-order valence-electron chi connectivity index (χ3n) is 2.12. The first kappa shape index (κ1) is 11.7. The van der Waals surface area contributed by atoms with Crippen LogP contribution in [0, 0.1) is 0 Å². The maximum absolute atomic E-state index is 11.0. The van der Waals surface area contributed by atoms with Gasteiger partial charge in [0.25, 0.3) is 0 Å². The van der Waals surface area contributed by atoms with Crippen LogP contribution < -0.4 is 4.72 Å². The molecule has 0 spiro atoms. The Hall–Kier alpha value is -1.82. The van der Waals surface area contributed by atoms with Gasteiger partial charge in [-0.05, 0) is 5.56 Å². The predicted molar refractivity (Wildman–Crippen MR) is 66.2 cm³/mol. The molecular weight excluding hydrogens is 238 g/mol. The lowest BCUT2D eigenvalue weighted by molar-refractivity contribution is 0.606. The molecule has 0 fully saturated rings. The van der Waals surface area contributed by atoms with Crippen molar-refractivity contribution in [1.29, 1.82) is 0 Å². The Morgan fingerprint density at radius 3 is 2.59 bits per heavy atom. The quantitative estimate of drug-likeness (QED) is 0.891. The molecular formula is C11H13N3O2S. The van der Waals surface area contributed by atoms with Crippen LogP contribution >= 0.6 is 0 Å². The largest absolute Gasteiger partial charge is 0.266 e. The fourth-order valence-corrected chi connectivity index (χ4v) is 1.95. The summed E-state index contributed by atoms with van der Waals surface area (Å²) >= 11 is 0. The minimum absolute atomic E-state index is 0.337. The molecule has 0 saturated heterocycles. The van der Waals surface area contributed by atoms with E-state index in [2.05, 4.69) is 9.82 Å². The van der Waals surface area contributed by atoms with Gasteiger partial charge in [0.15, 0.2) is 5.82 Å². The lowest BCUT2D eigenvalue weighted by atomic mass is 10.2. The van der Waals surface area contributed by atoms with Crippen molar-refractivity contribution in [1.82, 2.24) is 9.78 Å². The van der Waals surface area contributed by atoms with Crippen LogP contribution in [0.2, 0.25) is 0 Å². The van der Waals surface area contributed by atoms with Gasteiger partial charge in [-0.1, -0.05) is 30.3 Å². The van der Waals surface area contributed by atoms with Crippen molar-refractivity contribution in [3.63, 3.8) is 0 Å². The first-order valence-corrected chi connectivity index (χ1v) is 6.97. The highest BCUT2D eigenvalue weighted by Gasteiger charge is 2.04. The monoisotopic (exact) mass is 251 g/mol. The van der Waals surface area contributed by atoms with E-state index in [4.69, 9.17) is 0 Å². The summed E-state index contributed by atoms with van der Waals surface area (Å²) in [5, 5.41) is 4.12. The fraction of sp³-hybridized carbons (Fsp3) is 0.182. The van der Waals surface area contributed by atoms with Crippen molar-refractivity contribution in [2.75, 3.05) is 11.0 Å². The highest BCUT2D eigenvalue weighted by Crippen LogP contribution is 2.07. The van der Waals surface area contributed by atoms with Crippen LogP contribution in [0.1, 0.15) is 5.56 Å². The fourth-order valence-electron chi connectivity index (χ4n) is 1.46. The molecule has 5 nitrogen and oxygen atoms in total. The van der Waals surface area contributed by atoms with Crippen LogP contribution in [0.4, 0.5) is 5.82 Å². The van der Waals surface area contributed by atoms with E-state index >= 15 is 0 Å². The Labute approximate surface area is 100 Å². The summed E-state index contributed by atoms with van der Waals surface area (Å²) in [5.74, 6) is 0.337. The molecule has 1 aromatic heterocycles. The molecule has 2 rings (SSSR count). The van der Waals surface area contributed by atoms with E-state index in [9.17, 15) is 8.42 Å². The second kappa shape index (κ2) is 4.58. The number of aromatic nitrogens is 2. The molecule has 0 unspecified atom stereocenters. The highest BCUT2D eigenvalue weighted by atomic mass is 32.2. The van der Waals surface area contributed by atoms with Gasteiger partial charge in [0.05, 0.1) is 12.8 Å². The van der Waals surface area contributed by atoms with Crippen LogP contribution in [0.15, 0.2) is 42.6 Å². The molecule has 0 aliphatic heterocycles. The molecule has 90 valence electrons. The summed E-state index contributed by atoms with van der Waals surface area (Å²) in [5.41, 5.74) is 1.11. The molecule has 0 bridgehead atoms. The van der Waals surface area contributed by atoms with E-state index in [0.717, 1.165) is 11.8 Å². The Balaban J connectivity index is 2.09.